The third-order valence-electron chi connectivity index (χ3n) is 12.6. The van der Waals surface area contributed by atoms with Crippen molar-refractivity contribution in [2.45, 2.75) is 64.1 Å². The van der Waals surface area contributed by atoms with E-state index in [4.69, 9.17) is 20.9 Å². The number of dihydropyridines is 1. The van der Waals surface area contributed by atoms with Gasteiger partial charge in [0.2, 0.25) is 0 Å². The van der Waals surface area contributed by atoms with Crippen molar-refractivity contribution in [1.82, 2.24) is 10.6 Å². The van der Waals surface area contributed by atoms with Crippen LogP contribution >= 0.6 is 22.7 Å². The third-order valence-corrected chi connectivity index (χ3v) is 14.7. The SMILES string of the molecule is CC1=C(C#N)C(c2csc3c(C#N)cccc23)C(C(=O)OC(=O)C2(Cc3ccc(F)cc3)C(N)NC(C)C(C)(C(=O)OCC3CC3)C2c2csc3c(C#N)cccc23)=C(N)N1. The lowest BCUT2D eigenvalue weighted by Crippen LogP contribution is -2.73. The minimum absolute atomic E-state index is 0.142. The molecule has 6 atom stereocenters. The van der Waals surface area contributed by atoms with Gasteiger partial charge in [0, 0.05) is 17.7 Å². The molecular formula is C46H40FN7O5S2. The zero-order valence-electron chi connectivity index (χ0n) is 33.4. The predicted octanol–water partition coefficient (Wildman–Crippen LogP) is 6.97. The molecule has 2 aliphatic heterocycles. The summed E-state index contributed by atoms with van der Waals surface area (Å²) >= 11 is 2.54. The lowest BCUT2D eigenvalue weighted by molar-refractivity contribution is -0.180. The number of thiophene rings is 2. The smallest absolute Gasteiger partial charge is 0.346 e. The zero-order valence-corrected chi connectivity index (χ0v) is 35.0. The Morgan fingerprint density at radius 2 is 1.51 bits per heavy atom. The summed E-state index contributed by atoms with van der Waals surface area (Å²) in [6, 6.07) is 21.8. The minimum atomic E-state index is -2.00. The number of nitriles is 3. The number of benzene rings is 3. The monoisotopic (exact) mass is 853 g/mol. The van der Waals surface area contributed by atoms with Crippen molar-refractivity contribution in [2.75, 3.05) is 6.61 Å². The predicted molar refractivity (Wildman–Crippen MR) is 227 cm³/mol. The molecule has 1 aliphatic carbocycles. The maximum Gasteiger partial charge on any atom is 0.346 e. The highest BCUT2D eigenvalue weighted by atomic mass is 32.1. The molecule has 2 aromatic heterocycles. The van der Waals surface area contributed by atoms with E-state index in [0.717, 1.165) is 12.8 Å². The van der Waals surface area contributed by atoms with Crippen LogP contribution in [0.1, 0.15) is 73.3 Å². The zero-order chi connectivity index (χ0) is 43.4. The number of nitrogens with one attached hydrogen (secondary N) is 2. The standard InChI is InChI=1S/C46H40FN7O5S2/c1-23-32(19-50)35(33-21-60-37-27(17-48)6-4-8-30(33)37)36(40(51)53-23)41(55)59-44(57)46(16-25-12-14-29(47)15-13-25)39(34-22-61-38-28(18-49)7-5-9-31(34)38)45(3,24(2)54-42(46)52)43(56)58-20-26-10-11-26/h4-9,12-15,21-22,24,26,35,39,42,53-54H,10-11,16,20,51-52H2,1-3H3. The number of nitrogens with zero attached hydrogens (tertiary/aromatic N) is 3. The molecule has 6 N–H and O–H groups in total. The van der Waals surface area contributed by atoms with E-state index in [1.165, 1.54) is 46.9 Å². The van der Waals surface area contributed by atoms with E-state index in [9.17, 15) is 29.8 Å². The fourth-order valence-electron chi connectivity index (χ4n) is 9.11. The van der Waals surface area contributed by atoms with Gasteiger partial charge in [-0.3, -0.25) is 14.9 Å². The summed E-state index contributed by atoms with van der Waals surface area (Å²) in [6.07, 6.45) is 0.304. The van der Waals surface area contributed by atoms with Crippen LogP contribution in [-0.2, 0) is 30.3 Å². The van der Waals surface area contributed by atoms with Gasteiger partial charge in [-0.25, -0.2) is 9.18 Å². The summed E-state index contributed by atoms with van der Waals surface area (Å²) in [7, 11) is 0. The molecular weight excluding hydrogens is 814 g/mol. The third kappa shape index (κ3) is 6.82. The van der Waals surface area contributed by atoms with Crippen molar-refractivity contribution < 1.29 is 28.2 Å². The molecule has 12 nitrogen and oxygen atoms in total. The minimum Gasteiger partial charge on any atom is -0.465 e. The lowest BCUT2D eigenvalue weighted by Gasteiger charge is -2.56. The first kappa shape index (κ1) is 41.3. The lowest BCUT2D eigenvalue weighted by atomic mass is 9.52. The van der Waals surface area contributed by atoms with Crippen LogP contribution in [0.15, 0.2) is 94.1 Å². The Bertz CT molecular complexity index is 2840. The molecule has 15 heteroatoms. The normalized spacial score (nSPS) is 25.0. The van der Waals surface area contributed by atoms with Gasteiger partial charge in [0.15, 0.2) is 0 Å². The van der Waals surface area contributed by atoms with Gasteiger partial charge in [-0.15, -0.1) is 22.7 Å². The van der Waals surface area contributed by atoms with Gasteiger partial charge in [-0.2, -0.15) is 15.8 Å². The largest absolute Gasteiger partial charge is 0.465 e. The number of fused-ring (bicyclic) bond motifs is 2. The molecule has 1 saturated heterocycles. The van der Waals surface area contributed by atoms with Crippen molar-refractivity contribution in [3.05, 3.63) is 128 Å². The van der Waals surface area contributed by atoms with Crippen molar-refractivity contribution in [1.29, 1.82) is 15.8 Å². The van der Waals surface area contributed by atoms with Crippen LogP contribution in [0.5, 0.6) is 0 Å². The number of carbonyl (C=O) groups excluding carboxylic acids is 3. The quantitative estimate of drug-likeness (QED) is 0.0873. The Morgan fingerprint density at radius 1 is 0.902 bits per heavy atom. The molecule has 8 rings (SSSR count). The Kier molecular flexibility index (Phi) is 10.8. The van der Waals surface area contributed by atoms with Crippen LogP contribution in [-0.4, -0.2) is 36.7 Å². The molecule has 0 bridgehead atoms. The molecule has 2 fully saturated rings. The van der Waals surface area contributed by atoms with Crippen LogP contribution < -0.4 is 22.1 Å². The second-order valence-corrected chi connectivity index (χ2v) is 17.9. The molecule has 6 unspecified atom stereocenters. The number of hydrogen-bond donors (Lipinski definition) is 4. The summed E-state index contributed by atoms with van der Waals surface area (Å²) in [5.74, 6) is -5.61. The molecule has 5 aromatic rings. The topological polar surface area (TPSA) is 217 Å². The van der Waals surface area contributed by atoms with E-state index in [2.05, 4.69) is 28.8 Å². The number of allylic oxidation sites excluding steroid dienone is 2. The molecule has 1 saturated carbocycles. The number of ether oxygens (including phenoxy) is 2. The maximum atomic E-state index is 15.7. The van der Waals surface area contributed by atoms with E-state index in [0.29, 0.717) is 53.7 Å². The summed E-state index contributed by atoms with van der Waals surface area (Å²) in [5, 5.41) is 41.4. The number of hydrogen-bond acceptors (Lipinski definition) is 14. The Morgan fingerprint density at radius 3 is 2.10 bits per heavy atom. The first-order valence-corrected chi connectivity index (χ1v) is 21.4. The highest BCUT2D eigenvalue weighted by molar-refractivity contribution is 7.18. The molecule has 61 heavy (non-hydrogen) atoms. The molecule has 0 amide bonds. The van der Waals surface area contributed by atoms with Gasteiger partial charge >= 0.3 is 17.9 Å². The van der Waals surface area contributed by atoms with Crippen LogP contribution in [0.3, 0.4) is 0 Å². The Hall–Kier alpha value is -6.41. The second-order valence-electron chi connectivity index (χ2n) is 16.2. The highest BCUT2D eigenvalue weighted by Gasteiger charge is 2.67. The summed E-state index contributed by atoms with van der Waals surface area (Å²) in [6.45, 7) is 5.31. The Balaban J connectivity index is 1.32. The van der Waals surface area contributed by atoms with Gasteiger partial charge in [-0.05, 0) is 108 Å². The molecule has 0 spiro atoms. The summed E-state index contributed by atoms with van der Waals surface area (Å²) in [4.78, 5) is 45.4. The molecule has 3 aliphatic rings. The van der Waals surface area contributed by atoms with Gasteiger partial charge in [0.05, 0.1) is 61.8 Å². The van der Waals surface area contributed by atoms with Crippen molar-refractivity contribution >= 4 is 60.8 Å². The van der Waals surface area contributed by atoms with Crippen LogP contribution in [0.2, 0.25) is 0 Å². The van der Waals surface area contributed by atoms with E-state index in [-0.39, 0.29) is 35.9 Å². The van der Waals surface area contributed by atoms with Gasteiger partial charge in [0.25, 0.3) is 0 Å². The Labute approximate surface area is 358 Å². The number of rotatable bonds is 9. The molecule has 0 radical (unpaired) electrons. The first-order chi connectivity index (χ1) is 29.3. The first-order valence-electron chi connectivity index (χ1n) is 19.7. The van der Waals surface area contributed by atoms with Crippen molar-refractivity contribution in [3.63, 3.8) is 0 Å². The highest BCUT2D eigenvalue weighted by Crippen LogP contribution is 2.59. The fraction of sp³-hybridized carbons (Fsp3) is 0.304. The van der Waals surface area contributed by atoms with Crippen molar-refractivity contribution in [2.24, 2.45) is 28.2 Å². The average molecular weight is 854 g/mol. The molecule has 4 heterocycles. The second kappa shape index (κ2) is 15.9. The number of nitrogens with two attached hydrogens (primary N) is 2. The molecule has 308 valence electrons. The molecule has 3 aromatic carbocycles. The number of halogens is 1. The van der Waals surface area contributed by atoms with E-state index >= 15 is 4.79 Å². The summed E-state index contributed by atoms with van der Waals surface area (Å²) < 4.78 is 27.8. The number of carbonyl (C=O) groups is 3. The van der Waals surface area contributed by atoms with Gasteiger partial charge < -0.3 is 26.3 Å². The summed E-state index contributed by atoms with van der Waals surface area (Å²) in [5.41, 5.74) is 12.7. The maximum absolute atomic E-state index is 15.7. The number of piperidine rings is 1. The van der Waals surface area contributed by atoms with E-state index in [1.807, 2.05) is 0 Å². The van der Waals surface area contributed by atoms with Crippen molar-refractivity contribution in [3.8, 4) is 18.2 Å². The van der Waals surface area contributed by atoms with Crippen LogP contribution in [0, 0.1) is 56.6 Å². The average Bonchev–Trinajstić information content (AvgIpc) is 3.83. The van der Waals surface area contributed by atoms with Crippen LogP contribution in [0.4, 0.5) is 4.39 Å². The van der Waals surface area contributed by atoms with Gasteiger partial charge in [-0.1, -0.05) is 36.4 Å². The van der Waals surface area contributed by atoms with Gasteiger partial charge in [0.1, 0.15) is 29.2 Å². The van der Waals surface area contributed by atoms with E-state index < -0.39 is 58.6 Å². The van der Waals surface area contributed by atoms with Crippen LogP contribution in [0.25, 0.3) is 20.2 Å². The fourth-order valence-corrected chi connectivity index (χ4v) is 11.2. The van der Waals surface area contributed by atoms with E-state index in [1.54, 1.807) is 67.9 Å². The number of esters is 3.